The highest BCUT2D eigenvalue weighted by Gasteiger charge is 2.32. The molecule has 0 radical (unpaired) electrons. The Morgan fingerprint density at radius 2 is 1.94 bits per heavy atom. The number of phenolic OH excluding ortho intramolecular Hbond substituents is 1. The lowest BCUT2D eigenvalue weighted by Gasteiger charge is -2.10. The molecule has 1 aromatic carbocycles. The number of carboxylic acid groups (broad SMARTS) is 1. The number of carbonyl (C=O) groups is 1. The van der Waals surface area contributed by atoms with E-state index in [4.69, 9.17) is 16.7 Å². The number of aromatic hydroxyl groups is 1. The summed E-state index contributed by atoms with van der Waals surface area (Å²) in [5, 5.41) is 17.2. The molecule has 2 N–H and O–H groups in total. The third kappa shape index (κ3) is 2.79. The predicted molar refractivity (Wildman–Crippen MR) is 49.5 cm³/mol. The molecule has 0 unspecified atom stereocenters. The molecule has 0 aromatic heterocycles. The second-order valence-corrected chi connectivity index (χ2v) is 3.44. The lowest BCUT2D eigenvalue weighted by atomic mass is 10.1. The first-order valence-corrected chi connectivity index (χ1v) is 4.40. The van der Waals surface area contributed by atoms with Crippen LogP contribution < -0.4 is 0 Å². The monoisotopic (exact) mass is 254 g/mol. The van der Waals surface area contributed by atoms with E-state index in [1.807, 2.05) is 0 Å². The van der Waals surface area contributed by atoms with E-state index < -0.39 is 34.9 Å². The van der Waals surface area contributed by atoms with Crippen LogP contribution in [-0.2, 0) is 17.4 Å². The number of carboxylic acids is 1. The average molecular weight is 255 g/mol. The van der Waals surface area contributed by atoms with Crippen molar-refractivity contribution in [3.63, 3.8) is 0 Å². The maximum Gasteiger partial charge on any atom is 0.416 e. The van der Waals surface area contributed by atoms with Crippen molar-refractivity contribution in [1.29, 1.82) is 0 Å². The molecule has 0 atom stereocenters. The molecule has 1 rings (SSSR count). The molecule has 0 saturated heterocycles. The minimum atomic E-state index is -4.63. The number of alkyl halides is 3. The second-order valence-electron chi connectivity index (χ2n) is 3.03. The minimum Gasteiger partial charge on any atom is -0.506 e. The summed E-state index contributed by atoms with van der Waals surface area (Å²) >= 11 is 5.37. The molecule has 0 amide bonds. The molecule has 0 heterocycles. The first-order valence-electron chi connectivity index (χ1n) is 4.02. The van der Waals surface area contributed by atoms with Gasteiger partial charge in [0.15, 0.2) is 0 Å². The van der Waals surface area contributed by atoms with E-state index in [0.717, 1.165) is 0 Å². The lowest BCUT2D eigenvalue weighted by molar-refractivity contribution is -0.138. The Morgan fingerprint density at radius 1 is 1.38 bits per heavy atom. The zero-order valence-corrected chi connectivity index (χ0v) is 8.43. The fraction of sp³-hybridized carbons (Fsp3) is 0.222. The fourth-order valence-electron chi connectivity index (χ4n) is 1.12. The van der Waals surface area contributed by atoms with Crippen molar-refractivity contribution < 1.29 is 28.2 Å². The summed E-state index contributed by atoms with van der Waals surface area (Å²) in [6.07, 6.45) is -5.36. The third-order valence-corrected chi connectivity index (χ3v) is 2.10. The van der Waals surface area contributed by atoms with Gasteiger partial charge in [0.05, 0.1) is 17.0 Å². The molecular weight excluding hydrogens is 249 g/mol. The Kier molecular flexibility index (Phi) is 3.32. The highest BCUT2D eigenvalue weighted by molar-refractivity contribution is 6.32. The second kappa shape index (κ2) is 4.21. The summed E-state index contributed by atoms with van der Waals surface area (Å²) in [7, 11) is 0. The molecule has 0 spiro atoms. The molecular formula is C9H6ClF3O3. The van der Waals surface area contributed by atoms with Gasteiger partial charge in [0.25, 0.3) is 0 Å². The highest BCUT2D eigenvalue weighted by Crippen LogP contribution is 2.36. The number of hydrogen-bond acceptors (Lipinski definition) is 2. The van der Waals surface area contributed by atoms with Gasteiger partial charge < -0.3 is 10.2 Å². The summed E-state index contributed by atoms with van der Waals surface area (Å²) in [6.45, 7) is 0. The Hall–Kier alpha value is -1.43. The van der Waals surface area contributed by atoms with Crippen LogP contribution in [0.25, 0.3) is 0 Å². The van der Waals surface area contributed by atoms with Gasteiger partial charge in [0.1, 0.15) is 5.75 Å². The van der Waals surface area contributed by atoms with Gasteiger partial charge in [0, 0.05) is 5.56 Å². The summed E-state index contributed by atoms with van der Waals surface area (Å²) in [5.41, 5.74) is -1.46. The Bertz CT molecular complexity index is 429. The number of phenols is 1. The van der Waals surface area contributed by atoms with E-state index >= 15 is 0 Å². The maximum absolute atomic E-state index is 12.3. The van der Waals surface area contributed by atoms with Crippen molar-refractivity contribution in [3.05, 3.63) is 28.3 Å². The number of hydrogen-bond donors (Lipinski definition) is 2. The topological polar surface area (TPSA) is 57.5 Å². The third-order valence-electron chi connectivity index (χ3n) is 1.81. The van der Waals surface area contributed by atoms with Crippen LogP contribution in [0.1, 0.15) is 11.1 Å². The average Bonchev–Trinajstić information content (AvgIpc) is 2.10. The number of halogens is 4. The minimum absolute atomic E-state index is 0.368. The van der Waals surface area contributed by atoms with Crippen LogP contribution in [0, 0.1) is 0 Å². The van der Waals surface area contributed by atoms with Crippen LogP contribution in [0.3, 0.4) is 0 Å². The smallest absolute Gasteiger partial charge is 0.416 e. The predicted octanol–water partition coefficient (Wildman–Crippen LogP) is 2.69. The van der Waals surface area contributed by atoms with Crippen LogP contribution in [-0.4, -0.2) is 16.2 Å². The SMILES string of the molecule is O=C(O)Cc1cc(C(F)(F)F)cc(Cl)c1O. The van der Waals surface area contributed by atoms with Crippen LogP contribution in [0.15, 0.2) is 12.1 Å². The van der Waals surface area contributed by atoms with Crippen LogP contribution in [0.2, 0.25) is 5.02 Å². The summed E-state index contributed by atoms with van der Waals surface area (Å²) in [4.78, 5) is 10.4. The van der Waals surface area contributed by atoms with Gasteiger partial charge in [-0.15, -0.1) is 0 Å². The maximum atomic E-state index is 12.3. The van der Waals surface area contributed by atoms with Gasteiger partial charge >= 0.3 is 12.1 Å². The number of rotatable bonds is 2. The lowest BCUT2D eigenvalue weighted by Crippen LogP contribution is -2.08. The van der Waals surface area contributed by atoms with Crippen molar-refractivity contribution in [2.75, 3.05) is 0 Å². The van der Waals surface area contributed by atoms with E-state index in [0.29, 0.717) is 12.1 Å². The van der Waals surface area contributed by atoms with E-state index in [1.54, 1.807) is 0 Å². The first-order chi connectivity index (χ1) is 7.21. The molecule has 0 saturated carbocycles. The molecule has 3 nitrogen and oxygen atoms in total. The zero-order valence-electron chi connectivity index (χ0n) is 7.68. The molecule has 88 valence electrons. The van der Waals surface area contributed by atoms with Crippen LogP contribution in [0.5, 0.6) is 5.75 Å². The summed E-state index contributed by atoms with van der Waals surface area (Å²) in [6, 6.07) is 1.11. The van der Waals surface area contributed by atoms with Gasteiger partial charge in [-0.05, 0) is 12.1 Å². The van der Waals surface area contributed by atoms with Crippen molar-refractivity contribution in [2.24, 2.45) is 0 Å². The molecule has 0 bridgehead atoms. The standard InChI is InChI=1S/C9H6ClF3O3/c10-6-3-5(9(11,12)13)1-4(8(6)16)2-7(14)15/h1,3,16H,2H2,(H,14,15). The van der Waals surface area contributed by atoms with Gasteiger partial charge in [-0.2, -0.15) is 13.2 Å². The van der Waals surface area contributed by atoms with Gasteiger partial charge in [-0.1, -0.05) is 11.6 Å². The highest BCUT2D eigenvalue weighted by atomic mass is 35.5. The zero-order chi connectivity index (χ0) is 12.5. The van der Waals surface area contributed by atoms with Crippen LogP contribution in [0.4, 0.5) is 13.2 Å². The fourth-order valence-corrected chi connectivity index (χ4v) is 1.36. The van der Waals surface area contributed by atoms with Crippen molar-refractivity contribution in [2.45, 2.75) is 12.6 Å². The Labute approximate surface area is 93.1 Å². The van der Waals surface area contributed by atoms with Gasteiger partial charge in [-0.25, -0.2) is 0 Å². The molecule has 0 fully saturated rings. The number of benzene rings is 1. The quantitative estimate of drug-likeness (QED) is 0.853. The molecule has 1 aromatic rings. The van der Waals surface area contributed by atoms with Crippen molar-refractivity contribution >= 4 is 17.6 Å². The number of aliphatic carboxylic acids is 1. The van der Waals surface area contributed by atoms with E-state index in [9.17, 15) is 23.1 Å². The van der Waals surface area contributed by atoms with Crippen molar-refractivity contribution in [1.82, 2.24) is 0 Å². The van der Waals surface area contributed by atoms with E-state index in [2.05, 4.69) is 0 Å². The normalized spacial score (nSPS) is 11.5. The Balaban J connectivity index is 3.27. The molecule has 16 heavy (non-hydrogen) atoms. The largest absolute Gasteiger partial charge is 0.506 e. The Morgan fingerprint density at radius 3 is 2.38 bits per heavy atom. The van der Waals surface area contributed by atoms with E-state index in [1.165, 1.54) is 0 Å². The van der Waals surface area contributed by atoms with E-state index in [-0.39, 0.29) is 5.56 Å². The van der Waals surface area contributed by atoms with Gasteiger partial charge in [-0.3, -0.25) is 4.79 Å². The molecule has 0 aliphatic heterocycles. The molecule has 0 aliphatic carbocycles. The molecule has 0 aliphatic rings. The molecule has 7 heteroatoms. The summed E-state index contributed by atoms with van der Waals surface area (Å²) < 4.78 is 37.0. The van der Waals surface area contributed by atoms with Crippen LogP contribution >= 0.6 is 11.6 Å². The first kappa shape index (κ1) is 12.6. The van der Waals surface area contributed by atoms with Gasteiger partial charge in [0.2, 0.25) is 0 Å². The van der Waals surface area contributed by atoms with Crippen molar-refractivity contribution in [3.8, 4) is 5.75 Å². The summed E-state index contributed by atoms with van der Waals surface area (Å²) in [5.74, 6) is -2.00.